The molecule has 33 heavy (non-hydrogen) atoms. The van der Waals surface area contributed by atoms with E-state index in [1.165, 1.54) is 0 Å². The number of aromatic nitrogens is 3. The molecule has 1 saturated heterocycles. The minimum absolute atomic E-state index is 0.188. The zero-order valence-corrected chi connectivity index (χ0v) is 19.4. The van der Waals surface area contributed by atoms with Crippen molar-refractivity contribution in [1.29, 1.82) is 0 Å². The van der Waals surface area contributed by atoms with Gasteiger partial charge in [-0.25, -0.2) is 4.98 Å². The lowest BCUT2D eigenvalue weighted by Crippen LogP contribution is -2.35. The van der Waals surface area contributed by atoms with Gasteiger partial charge in [-0.2, -0.15) is 0 Å². The number of carbonyl (C=O) groups excluding carboxylic acids is 1. The van der Waals surface area contributed by atoms with Crippen LogP contribution in [0.5, 0.6) is 5.75 Å². The Balaban J connectivity index is 1.31. The number of anilines is 1. The van der Waals surface area contributed by atoms with Gasteiger partial charge < -0.3 is 15.0 Å². The van der Waals surface area contributed by atoms with Crippen LogP contribution in [0.3, 0.4) is 0 Å². The molecule has 3 heterocycles. The number of hydrogen-bond acceptors (Lipinski definition) is 7. The van der Waals surface area contributed by atoms with E-state index in [0.29, 0.717) is 11.4 Å². The van der Waals surface area contributed by atoms with Gasteiger partial charge in [0, 0.05) is 35.8 Å². The molecule has 0 spiro atoms. The molecule has 1 N–H and O–H groups in total. The molecule has 0 radical (unpaired) electrons. The van der Waals surface area contributed by atoms with Crippen molar-refractivity contribution in [3.8, 4) is 16.3 Å². The Labute approximate surface area is 196 Å². The molecule has 4 aromatic rings. The molecule has 5 rings (SSSR count). The Morgan fingerprint density at radius 2 is 1.94 bits per heavy atom. The van der Waals surface area contributed by atoms with Gasteiger partial charge in [0.2, 0.25) is 0 Å². The Hall–Kier alpha value is -3.36. The number of nitrogens with zero attached hydrogens (tertiary/aromatic N) is 4. The van der Waals surface area contributed by atoms with Crippen LogP contribution in [-0.2, 0) is 0 Å². The van der Waals surface area contributed by atoms with Crippen molar-refractivity contribution < 1.29 is 9.53 Å². The summed E-state index contributed by atoms with van der Waals surface area (Å²) in [6, 6.07) is 15.3. The molecule has 0 aliphatic carbocycles. The number of fused-ring (bicyclic) bond motifs is 1. The second-order valence-electron chi connectivity index (χ2n) is 8.36. The van der Waals surface area contributed by atoms with Crippen LogP contribution in [-0.4, -0.2) is 52.2 Å². The fourth-order valence-electron chi connectivity index (χ4n) is 3.95. The topological polar surface area (TPSA) is 80.2 Å². The molecule has 1 aliphatic heterocycles. The van der Waals surface area contributed by atoms with Crippen LogP contribution in [0.1, 0.15) is 28.2 Å². The number of nitrogens with one attached hydrogen (secondary N) is 1. The quantitative estimate of drug-likeness (QED) is 0.462. The fourth-order valence-corrected chi connectivity index (χ4v) is 4.64. The minimum Gasteiger partial charge on any atom is -0.490 e. The number of ether oxygens (including phenoxy) is 1. The van der Waals surface area contributed by atoms with Gasteiger partial charge in [0.25, 0.3) is 5.91 Å². The monoisotopic (exact) mass is 459 g/mol. The first-order chi connectivity index (χ1) is 16.0. The van der Waals surface area contributed by atoms with E-state index in [2.05, 4.69) is 32.4 Å². The minimum atomic E-state index is -0.216. The van der Waals surface area contributed by atoms with Crippen LogP contribution >= 0.6 is 11.3 Å². The molecule has 1 amide bonds. The van der Waals surface area contributed by atoms with Crippen LogP contribution < -0.4 is 10.1 Å². The van der Waals surface area contributed by atoms with E-state index in [1.54, 1.807) is 29.7 Å². The average Bonchev–Trinajstić information content (AvgIpc) is 3.26. The Bertz CT molecular complexity index is 1300. The summed E-state index contributed by atoms with van der Waals surface area (Å²) in [5.41, 5.74) is 1.54. The second kappa shape index (κ2) is 9.25. The first-order valence-corrected chi connectivity index (χ1v) is 11.8. The molecule has 2 aromatic heterocycles. The third-order valence-electron chi connectivity index (χ3n) is 5.80. The third-order valence-corrected chi connectivity index (χ3v) is 6.69. The van der Waals surface area contributed by atoms with Crippen molar-refractivity contribution >= 4 is 33.8 Å². The number of aryl methyl sites for hydroxylation is 1. The zero-order chi connectivity index (χ0) is 22.8. The maximum atomic E-state index is 12.9. The average molecular weight is 460 g/mol. The van der Waals surface area contributed by atoms with Crippen LogP contribution in [0, 0.1) is 6.92 Å². The Morgan fingerprint density at radius 1 is 1.09 bits per heavy atom. The Kier molecular flexibility index (Phi) is 6.02. The molecule has 168 valence electrons. The summed E-state index contributed by atoms with van der Waals surface area (Å²) in [6.07, 6.45) is 3.94. The van der Waals surface area contributed by atoms with Crippen molar-refractivity contribution in [2.45, 2.75) is 25.9 Å². The van der Waals surface area contributed by atoms with Crippen molar-refractivity contribution in [3.05, 3.63) is 65.3 Å². The van der Waals surface area contributed by atoms with E-state index in [4.69, 9.17) is 4.74 Å². The SMILES string of the molecule is Cc1nnc(-c2ccc3cnc(NC(=O)c4cccc(OC5CCN(C)CC5)c4)cc3c2)s1. The van der Waals surface area contributed by atoms with Gasteiger partial charge >= 0.3 is 0 Å². The summed E-state index contributed by atoms with van der Waals surface area (Å²) in [7, 11) is 2.13. The van der Waals surface area contributed by atoms with Crippen molar-refractivity contribution in [2.75, 3.05) is 25.5 Å². The number of benzene rings is 2. The molecule has 0 saturated carbocycles. The molecule has 2 aromatic carbocycles. The maximum Gasteiger partial charge on any atom is 0.256 e. The maximum absolute atomic E-state index is 12.9. The van der Waals surface area contributed by atoms with Crippen molar-refractivity contribution in [2.24, 2.45) is 0 Å². The fraction of sp³-hybridized carbons (Fsp3) is 0.280. The van der Waals surface area contributed by atoms with Gasteiger partial charge in [0.05, 0.1) is 0 Å². The standard InChI is InChI=1S/C25H25N5O2S/c1-16-28-29-25(33-16)18-6-7-19-15-26-23(14-20(19)12-18)27-24(31)17-4-3-5-22(13-17)32-21-8-10-30(2)11-9-21/h3-7,12-15,21H,8-11H2,1-2H3,(H,26,27,31). The number of likely N-dealkylation sites (tertiary alicyclic amines) is 1. The molecular formula is C25H25N5O2S. The summed E-state index contributed by atoms with van der Waals surface area (Å²) in [5, 5.41) is 15.0. The Morgan fingerprint density at radius 3 is 2.73 bits per heavy atom. The molecule has 1 fully saturated rings. The predicted octanol–water partition coefficient (Wildman–Crippen LogP) is 4.79. The predicted molar refractivity (Wildman–Crippen MR) is 131 cm³/mol. The molecule has 0 bridgehead atoms. The van der Waals surface area contributed by atoms with Crippen molar-refractivity contribution in [3.63, 3.8) is 0 Å². The van der Waals surface area contributed by atoms with Gasteiger partial charge in [-0.1, -0.05) is 29.5 Å². The van der Waals surface area contributed by atoms with E-state index < -0.39 is 0 Å². The van der Waals surface area contributed by atoms with Crippen LogP contribution in [0.15, 0.2) is 54.7 Å². The number of piperidine rings is 1. The van der Waals surface area contributed by atoms with Gasteiger partial charge in [-0.05, 0) is 62.5 Å². The molecule has 8 heteroatoms. The summed E-state index contributed by atoms with van der Waals surface area (Å²) in [5.74, 6) is 1.01. The normalized spacial score (nSPS) is 15.0. The number of hydrogen-bond donors (Lipinski definition) is 1. The van der Waals surface area contributed by atoms with E-state index in [0.717, 1.165) is 58.0 Å². The lowest BCUT2D eigenvalue weighted by molar-refractivity contribution is 0.102. The first-order valence-electron chi connectivity index (χ1n) is 11.0. The number of rotatable bonds is 5. The van der Waals surface area contributed by atoms with Crippen LogP contribution in [0.25, 0.3) is 21.3 Å². The highest BCUT2D eigenvalue weighted by atomic mass is 32.1. The van der Waals surface area contributed by atoms with E-state index in [9.17, 15) is 4.79 Å². The van der Waals surface area contributed by atoms with E-state index in [-0.39, 0.29) is 12.0 Å². The van der Waals surface area contributed by atoms with Gasteiger partial charge in [-0.3, -0.25) is 4.79 Å². The van der Waals surface area contributed by atoms with Gasteiger partial charge in [0.15, 0.2) is 0 Å². The van der Waals surface area contributed by atoms with Crippen LogP contribution in [0.2, 0.25) is 0 Å². The van der Waals surface area contributed by atoms with Crippen molar-refractivity contribution in [1.82, 2.24) is 20.1 Å². The number of carbonyl (C=O) groups is 1. The summed E-state index contributed by atoms with van der Waals surface area (Å²) in [4.78, 5) is 19.6. The van der Waals surface area contributed by atoms with Gasteiger partial charge in [0.1, 0.15) is 27.7 Å². The highest BCUT2D eigenvalue weighted by Crippen LogP contribution is 2.28. The number of pyridine rings is 1. The second-order valence-corrected chi connectivity index (χ2v) is 9.54. The molecule has 0 atom stereocenters. The molecular weight excluding hydrogens is 434 g/mol. The molecule has 7 nitrogen and oxygen atoms in total. The highest BCUT2D eigenvalue weighted by Gasteiger charge is 2.18. The molecule has 0 unspecified atom stereocenters. The lowest BCUT2D eigenvalue weighted by Gasteiger charge is -2.29. The molecule has 1 aliphatic rings. The third kappa shape index (κ3) is 5.02. The van der Waals surface area contributed by atoms with Gasteiger partial charge in [-0.15, -0.1) is 10.2 Å². The highest BCUT2D eigenvalue weighted by molar-refractivity contribution is 7.14. The van der Waals surface area contributed by atoms with E-state index >= 15 is 0 Å². The smallest absolute Gasteiger partial charge is 0.256 e. The van der Waals surface area contributed by atoms with Crippen LogP contribution in [0.4, 0.5) is 5.82 Å². The summed E-state index contributed by atoms with van der Waals surface area (Å²) in [6.45, 7) is 3.99. The number of amides is 1. The van der Waals surface area contributed by atoms with E-state index in [1.807, 2.05) is 43.3 Å². The summed E-state index contributed by atoms with van der Waals surface area (Å²) >= 11 is 1.55. The first kappa shape index (κ1) is 21.5. The largest absolute Gasteiger partial charge is 0.490 e. The lowest BCUT2D eigenvalue weighted by atomic mass is 10.1. The summed E-state index contributed by atoms with van der Waals surface area (Å²) < 4.78 is 6.13. The zero-order valence-electron chi connectivity index (χ0n) is 18.6.